The third-order valence-electron chi connectivity index (χ3n) is 5.43. The molecule has 0 fully saturated rings. The average Bonchev–Trinajstić information content (AvgIpc) is 3.19. The minimum atomic E-state index is -0.578. The Labute approximate surface area is 182 Å². The SMILES string of the molecule is CCOC(=O)c1c(-c2ccccc2)n(-c2ccccc2)c(=O)c2[nH]c3ccc(F)cc3c12. The van der Waals surface area contributed by atoms with Crippen molar-refractivity contribution < 1.29 is 13.9 Å². The van der Waals surface area contributed by atoms with Crippen LogP contribution in [0, 0.1) is 5.82 Å². The van der Waals surface area contributed by atoms with Gasteiger partial charge in [-0.1, -0.05) is 48.5 Å². The van der Waals surface area contributed by atoms with Crippen molar-refractivity contribution in [3.05, 3.63) is 101 Å². The fraction of sp³-hybridized carbons (Fsp3) is 0.0769. The zero-order valence-corrected chi connectivity index (χ0v) is 17.3. The van der Waals surface area contributed by atoms with E-state index < -0.39 is 11.8 Å². The second kappa shape index (κ2) is 7.81. The van der Waals surface area contributed by atoms with Crippen LogP contribution in [0.25, 0.3) is 38.8 Å². The molecule has 5 nitrogen and oxygen atoms in total. The lowest BCUT2D eigenvalue weighted by Crippen LogP contribution is -2.24. The van der Waals surface area contributed by atoms with Crippen LogP contribution >= 0.6 is 0 Å². The van der Waals surface area contributed by atoms with Crippen LogP contribution in [-0.2, 0) is 4.74 Å². The molecular formula is C26H19FN2O3. The van der Waals surface area contributed by atoms with Crippen LogP contribution in [0.15, 0.2) is 83.7 Å². The smallest absolute Gasteiger partial charge is 0.341 e. The molecule has 0 spiro atoms. The number of esters is 1. The molecule has 5 rings (SSSR count). The molecule has 1 N–H and O–H groups in total. The van der Waals surface area contributed by atoms with Crippen LogP contribution in [0.4, 0.5) is 4.39 Å². The van der Waals surface area contributed by atoms with Crippen LogP contribution in [0.3, 0.4) is 0 Å². The van der Waals surface area contributed by atoms with E-state index in [2.05, 4.69) is 4.98 Å². The number of halogens is 1. The van der Waals surface area contributed by atoms with Crippen molar-refractivity contribution in [2.75, 3.05) is 6.61 Å². The summed E-state index contributed by atoms with van der Waals surface area (Å²) in [6.45, 7) is 1.88. The van der Waals surface area contributed by atoms with Gasteiger partial charge in [0.25, 0.3) is 5.56 Å². The van der Waals surface area contributed by atoms with Gasteiger partial charge in [0.05, 0.1) is 17.9 Å². The number of pyridine rings is 1. The summed E-state index contributed by atoms with van der Waals surface area (Å²) in [6.07, 6.45) is 0. The van der Waals surface area contributed by atoms with Crippen molar-refractivity contribution >= 4 is 27.8 Å². The Morgan fingerprint density at radius 1 is 1.00 bits per heavy atom. The van der Waals surface area contributed by atoms with Crippen molar-refractivity contribution in [2.24, 2.45) is 0 Å². The van der Waals surface area contributed by atoms with E-state index in [1.807, 2.05) is 48.5 Å². The van der Waals surface area contributed by atoms with Crippen molar-refractivity contribution in [3.63, 3.8) is 0 Å². The number of H-pyrrole nitrogens is 1. The number of para-hydroxylation sites is 1. The fourth-order valence-corrected chi connectivity index (χ4v) is 4.12. The molecule has 2 heterocycles. The number of aromatic nitrogens is 2. The lowest BCUT2D eigenvalue weighted by Gasteiger charge is -2.18. The number of fused-ring (bicyclic) bond motifs is 3. The maximum Gasteiger partial charge on any atom is 0.341 e. The second-order valence-corrected chi connectivity index (χ2v) is 7.35. The number of carbonyl (C=O) groups excluding carboxylic acids is 1. The predicted molar refractivity (Wildman–Crippen MR) is 123 cm³/mol. The molecule has 0 aliphatic heterocycles. The first-order valence-corrected chi connectivity index (χ1v) is 10.3. The van der Waals surface area contributed by atoms with Crippen molar-refractivity contribution in [3.8, 4) is 16.9 Å². The Kier molecular flexibility index (Phi) is 4.82. The van der Waals surface area contributed by atoms with Crippen molar-refractivity contribution in [1.29, 1.82) is 0 Å². The fourth-order valence-electron chi connectivity index (χ4n) is 4.12. The number of hydrogen-bond acceptors (Lipinski definition) is 3. The van der Waals surface area contributed by atoms with E-state index in [-0.39, 0.29) is 23.2 Å². The summed E-state index contributed by atoms with van der Waals surface area (Å²) in [4.78, 5) is 30.2. The van der Waals surface area contributed by atoms with Crippen LogP contribution in [-0.4, -0.2) is 22.1 Å². The molecule has 2 aromatic heterocycles. The molecular weight excluding hydrogens is 407 g/mol. The van der Waals surface area contributed by atoms with Gasteiger partial charge in [-0.15, -0.1) is 0 Å². The Balaban J connectivity index is 2.06. The van der Waals surface area contributed by atoms with Crippen LogP contribution in [0.1, 0.15) is 17.3 Å². The molecule has 0 saturated carbocycles. The lowest BCUT2D eigenvalue weighted by molar-refractivity contribution is 0.0529. The molecule has 0 aliphatic carbocycles. The highest BCUT2D eigenvalue weighted by molar-refractivity contribution is 6.19. The van der Waals surface area contributed by atoms with E-state index in [0.29, 0.717) is 33.2 Å². The maximum atomic E-state index is 14.2. The first-order valence-electron chi connectivity index (χ1n) is 10.3. The molecule has 0 amide bonds. The highest BCUT2D eigenvalue weighted by atomic mass is 19.1. The van der Waals surface area contributed by atoms with Gasteiger partial charge in [0.1, 0.15) is 11.3 Å². The molecule has 3 aromatic carbocycles. The highest BCUT2D eigenvalue weighted by Crippen LogP contribution is 2.35. The maximum absolute atomic E-state index is 14.2. The molecule has 0 saturated heterocycles. The third kappa shape index (κ3) is 3.08. The predicted octanol–water partition coefficient (Wildman–Crippen LogP) is 5.45. The van der Waals surface area contributed by atoms with Gasteiger partial charge in [-0.3, -0.25) is 9.36 Å². The molecule has 32 heavy (non-hydrogen) atoms. The lowest BCUT2D eigenvalue weighted by atomic mass is 9.99. The number of nitrogens with zero attached hydrogens (tertiary/aromatic N) is 1. The first kappa shape index (κ1) is 19.8. The van der Waals surface area contributed by atoms with E-state index in [0.717, 1.165) is 0 Å². The van der Waals surface area contributed by atoms with Gasteiger partial charge in [0.2, 0.25) is 0 Å². The normalized spacial score (nSPS) is 11.2. The van der Waals surface area contributed by atoms with E-state index in [1.54, 1.807) is 25.1 Å². The van der Waals surface area contributed by atoms with E-state index in [1.165, 1.54) is 16.7 Å². The molecule has 0 atom stereocenters. The molecule has 0 bridgehead atoms. The number of benzene rings is 3. The van der Waals surface area contributed by atoms with E-state index in [9.17, 15) is 14.0 Å². The number of rotatable bonds is 4. The molecule has 6 heteroatoms. The number of ether oxygens (including phenoxy) is 1. The number of hydrogen-bond donors (Lipinski definition) is 1. The van der Waals surface area contributed by atoms with Crippen molar-refractivity contribution in [2.45, 2.75) is 6.92 Å². The Morgan fingerprint density at radius 3 is 2.38 bits per heavy atom. The minimum Gasteiger partial charge on any atom is -0.462 e. The average molecular weight is 426 g/mol. The first-order chi connectivity index (χ1) is 15.6. The summed E-state index contributed by atoms with van der Waals surface area (Å²) in [6, 6.07) is 22.5. The molecule has 0 unspecified atom stereocenters. The van der Waals surface area contributed by atoms with Gasteiger partial charge in [-0.25, -0.2) is 9.18 Å². The van der Waals surface area contributed by atoms with Gasteiger partial charge in [-0.2, -0.15) is 0 Å². The standard InChI is InChI=1S/C26H19FN2O3/c1-2-32-26(31)22-21-19-15-17(27)13-14-20(19)28-23(21)25(30)29(18-11-7-4-8-12-18)24(22)16-9-5-3-6-10-16/h3-15,28H,2H2,1H3. The van der Waals surface area contributed by atoms with E-state index >= 15 is 0 Å². The number of aromatic amines is 1. The summed E-state index contributed by atoms with van der Waals surface area (Å²) < 4.78 is 21.1. The number of nitrogens with one attached hydrogen (secondary N) is 1. The summed E-state index contributed by atoms with van der Waals surface area (Å²) in [5, 5.41) is 0.812. The molecule has 0 aliphatic rings. The topological polar surface area (TPSA) is 64.1 Å². The van der Waals surface area contributed by atoms with Crippen molar-refractivity contribution in [1.82, 2.24) is 9.55 Å². The molecule has 158 valence electrons. The summed E-state index contributed by atoms with van der Waals surface area (Å²) in [5.74, 6) is -1.03. The Morgan fingerprint density at radius 2 is 1.69 bits per heavy atom. The highest BCUT2D eigenvalue weighted by Gasteiger charge is 2.27. The number of carbonyl (C=O) groups is 1. The van der Waals surface area contributed by atoms with Gasteiger partial charge in [0, 0.05) is 22.0 Å². The molecule has 0 radical (unpaired) electrons. The quantitative estimate of drug-likeness (QED) is 0.389. The van der Waals surface area contributed by atoms with Crippen LogP contribution in [0.5, 0.6) is 0 Å². The third-order valence-corrected chi connectivity index (χ3v) is 5.43. The van der Waals surface area contributed by atoms with Gasteiger partial charge in [-0.05, 0) is 42.8 Å². The van der Waals surface area contributed by atoms with Crippen LogP contribution in [0.2, 0.25) is 0 Å². The zero-order valence-electron chi connectivity index (χ0n) is 17.3. The Hall–Kier alpha value is -4.19. The van der Waals surface area contributed by atoms with E-state index in [4.69, 9.17) is 4.74 Å². The summed E-state index contributed by atoms with van der Waals surface area (Å²) >= 11 is 0. The summed E-state index contributed by atoms with van der Waals surface area (Å²) in [5.41, 5.74) is 2.34. The Bertz CT molecular complexity index is 1520. The monoisotopic (exact) mass is 426 g/mol. The largest absolute Gasteiger partial charge is 0.462 e. The second-order valence-electron chi connectivity index (χ2n) is 7.35. The molecule has 5 aromatic rings. The van der Waals surface area contributed by atoms with Crippen LogP contribution < -0.4 is 5.56 Å². The van der Waals surface area contributed by atoms with Gasteiger partial charge >= 0.3 is 5.97 Å². The zero-order chi connectivity index (χ0) is 22.2. The minimum absolute atomic E-state index is 0.162. The summed E-state index contributed by atoms with van der Waals surface area (Å²) in [7, 11) is 0. The van der Waals surface area contributed by atoms with Gasteiger partial charge in [0.15, 0.2) is 0 Å². The van der Waals surface area contributed by atoms with Gasteiger partial charge < -0.3 is 9.72 Å².